The summed E-state index contributed by atoms with van der Waals surface area (Å²) < 4.78 is 0. The SMILES string of the molecule is C1=CSC(=C2NC=CS2)N1. The zero-order valence-corrected chi connectivity index (χ0v) is 6.76. The molecule has 0 spiro atoms. The summed E-state index contributed by atoms with van der Waals surface area (Å²) in [6.07, 6.45) is 3.88. The topological polar surface area (TPSA) is 24.1 Å². The van der Waals surface area contributed by atoms with Crippen LogP contribution in [0.15, 0.2) is 33.3 Å². The first-order chi connectivity index (χ1) is 4.97. The molecule has 0 atom stereocenters. The Bertz CT molecular complexity index is 186. The maximum atomic E-state index is 3.14. The molecule has 0 saturated heterocycles. The molecule has 0 unspecified atom stereocenters. The van der Waals surface area contributed by atoms with Gasteiger partial charge in [-0.25, -0.2) is 0 Å². The summed E-state index contributed by atoms with van der Waals surface area (Å²) in [5, 5.41) is 12.7. The van der Waals surface area contributed by atoms with Crippen LogP contribution < -0.4 is 10.6 Å². The minimum atomic E-state index is 1.19. The monoisotopic (exact) mass is 170 g/mol. The molecule has 0 aromatic carbocycles. The van der Waals surface area contributed by atoms with Crippen molar-refractivity contribution in [2.24, 2.45) is 0 Å². The van der Waals surface area contributed by atoms with Crippen LogP contribution in [0.4, 0.5) is 0 Å². The maximum Gasteiger partial charge on any atom is 0.107 e. The van der Waals surface area contributed by atoms with Gasteiger partial charge in [0.25, 0.3) is 0 Å². The first-order valence-electron chi connectivity index (χ1n) is 2.87. The second-order valence-corrected chi connectivity index (χ2v) is 3.62. The molecule has 0 saturated carbocycles. The van der Waals surface area contributed by atoms with Crippen LogP contribution in [-0.2, 0) is 0 Å². The van der Waals surface area contributed by atoms with E-state index in [1.54, 1.807) is 23.5 Å². The van der Waals surface area contributed by atoms with Crippen LogP contribution in [0.2, 0.25) is 0 Å². The van der Waals surface area contributed by atoms with Crippen molar-refractivity contribution < 1.29 is 0 Å². The van der Waals surface area contributed by atoms with Crippen LogP contribution in [0, 0.1) is 0 Å². The lowest BCUT2D eigenvalue weighted by Crippen LogP contribution is -2.05. The van der Waals surface area contributed by atoms with E-state index in [0.29, 0.717) is 0 Å². The Hall–Kier alpha value is -0.480. The highest BCUT2D eigenvalue weighted by Gasteiger charge is 2.09. The van der Waals surface area contributed by atoms with Crippen molar-refractivity contribution in [1.82, 2.24) is 10.6 Å². The van der Waals surface area contributed by atoms with E-state index in [1.165, 1.54) is 10.1 Å². The highest BCUT2D eigenvalue weighted by molar-refractivity contribution is 8.09. The molecular formula is C6H6N2S2. The van der Waals surface area contributed by atoms with Gasteiger partial charge in [0.1, 0.15) is 10.1 Å². The maximum absolute atomic E-state index is 3.14. The normalized spacial score (nSPS) is 28.8. The fourth-order valence-electron chi connectivity index (χ4n) is 0.730. The summed E-state index contributed by atoms with van der Waals surface area (Å²) in [4.78, 5) is 0. The van der Waals surface area contributed by atoms with Crippen molar-refractivity contribution in [3.63, 3.8) is 0 Å². The molecule has 10 heavy (non-hydrogen) atoms. The van der Waals surface area contributed by atoms with E-state index in [2.05, 4.69) is 10.6 Å². The molecule has 2 rings (SSSR count). The van der Waals surface area contributed by atoms with Gasteiger partial charge in [-0.1, -0.05) is 23.5 Å². The van der Waals surface area contributed by atoms with Gasteiger partial charge in [0, 0.05) is 12.4 Å². The Morgan fingerprint density at radius 1 is 0.900 bits per heavy atom. The average molecular weight is 170 g/mol. The van der Waals surface area contributed by atoms with Gasteiger partial charge >= 0.3 is 0 Å². The molecule has 0 bridgehead atoms. The average Bonchev–Trinajstić information content (AvgIpc) is 2.59. The van der Waals surface area contributed by atoms with E-state index >= 15 is 0 Å². The van der Waals surface area contributed by atoms with Gasteiger partial charge in [0.05, 0.1) is 0 Å². The van der Waals surface area contributed by atoms with Crippen molar-refractivity contribution in [1.29, 1.82) is 0 Å². The molecule has 0 fully saturated rings. The zero-order valence-electron chi connectivity index (χ0n) is 5.13. The van der Waals surface area contributed by atoms with Crippen LogP contribution in [0.1, 0.15) is 0 Å². The van der Waals surface area contributed by atoms with Gasteiger partial charge in [-0.05, 0) is 10.8 Å². The highest BCUT2D eigenvalue weighted by atomic mass is 32.2. The molecule has 0 amide bonds. The zero-order chi connectivity index (χ0) is 6.81. The Kier molecular flexibility index (Phi) is 1.65. The molecule has 4 heteroatoms. The molecule has 2 nitrogen and oxygen atoms in total. The van der Waals surface area contributed by atoms with E-state index < -0.39 is 0 Å². The van der Waals surface area contributed by atoms with E-state index in [1.807, 2.05) is 23.2 Å². The number of hydrogen-bond donors (Lipinski definition) is 2. The standard InChI is InChI=1S/C6H6N2S2/c1-3-9-5(7-1)6-8-2-4-10-6/h1-4,7-8H. The molecule has 0 aromatic heterocycles. The minimum absolute atomic E-state index is 1.19. The molecule has 2 heterocycles. The van der Waals surface area contributed by atoms with E-state index in [0.717, 1.165) is 0 Å². The van der Waals surface area contributed by atoms with Gasteiger partial charge < -0.3 is 10.6 Å². The van der Waals surface area contributed by atoms with Crippen LogP contribution in [0.25, 0.3) is 0 Å². The lowest BCUT2D eigenvalue weighted by molar-refractivity contribution is 1.10. The van der Waals surface area contributed by atoms with Gasteiger partial charge in [-0.3, -0.25) is 0 Å². The summed E-state index contributed by atoms with van der Waals surface area (Å²) >= 11 is 3.41. The summed E-state index contributed by atoms with van der Waals surface area (Å²) in [5.41, 5.74) is 0. The minimum Gasteiger partial charge on any atom is -0.354 e. The number of rotatable bonds is 0. The van der Waals surface area contributed by atoms with Crippen molar-refractivity contribution in [2.75, 3.05) is 0 Å². The predicted molar refractivity (Wildman–Crippen MR) is 46.8 cm³/mol. The van der Waals surface area contributed by atoms with Gasteiger partial charge in [-0.15, -0.1) is 0 Å². The van der Waals surface area contributed by atoms with Gasteiger partial charge in [-0.2, -0.15) is 0 Å². The molecule has 0 aliphatic carbocycles. The molecule has 52 valence electrons. The first-order valence-corrected chi connectivity index (χ1v) is 4.63. The summed E-state index contributed by atoms with van der Waals surface area (Å²) in [7, 11) is 0. The van der Waals surface area contributed by atoms with Crippen LogP contribution in [0.5, 0.6) is 0 Å². The van der Waals surface area contributed by atoms with Crippen molar-refractivity contribution in [2.45, 2.75) is 0 Å². The summed E-state index contributed by atoms with van der Waals surface area (Å²) in [5.74, 6) is 0. The second kappa shape index (κ2) is 2.64. The van der Waals surface area contributed by atoms with Crippen molar-refractivity contribution >= 4 is 23.5 Å². The van der Waals surface area contributed by atoms with E-state index in [-0.39, 0.29) is 0 Å². The highest BCUT2D eigenvalue weighted by Crippen LogP contribution is 2.30. The quantitative estimate of drug-likeness (QED) is 0.578. The number of thioether (sulfide) groups is 2. The molecule has 0 aromatic rings. The van der Waals surface area contributed by atoms with Crippen LogP contribution in [-0.4, -0.2) is 0 Å². The van der Waals surface area contributed by atoms with Crippen molar-refractivity contribution in [3.8, 4) is 0 Å². The molecular weight excluding hydrogens is 164 g/mol. The lowest BCUT2D eigenvalue weighted by atomic mass is 10.8. The molecule has 2 N–H and O–H groups in total. The predicted octanol–water partition coefficient (Wildman–Crippen LogP) is 1.73. The first kappa shape index (κ1) is 6.24. The Morgan fingerprint density at radius 2 is 1.40 bits per heavy atom. The van der Waals surface area contributed by atoms with Gasteiger partial charge in [0.2, 0.25) is 0 Å². The fourth-order valence-corrected chi connectivity index (χ4v) is 2.17. The third-order valence-corrected chi connectivity index (χ3v) is 2.93. The smallest absolute Gasteiger partial charge is 0.107 e. The Morgan fingerprint density at radius 3 is 1.70 bits per heavy atom. The summed E-state index contributed by atoms with van der Waals surface area (Å²) in [6.45, 7) is 0. The third-order valence-electron chi connectivity index (χ3n) is 1.14. The number of hydrogen-bond acceptors (Lipinski definition) is 4. The Labute approximate surface area is 67.8 Å². The van der Waals surface area contributed by atoms with E-state index in [9.17, 15) is 0 Å². The van der Waals surface area contributed by atoms with Crippen LogP contribution in [0.3, 0.4) is 0 Å². The van der Waals surface area contributed by atoms with E-state index in [4.69, 9.17) is 0 Å². The largest absolute Gasteiger partial charge is 0.354 e. The fraction of sp³-hybridized carbons (Fsp3) is 0. The Balaban J connectivity index is 2.14. The summed E-state index contributed by atoms with van der Waals surface area (Å²) in [6, 6.07) is 0. The second-order valence-electron chi connectivity index (χ2n) is 1.79. The molecule has 2 aliphatic heterocycles. The number of nitrogens with one attached hydrogen (secondary N) is 2. The van der Waals surface area contributed by atoms with Crippen LogP contribution >= 0.6 is 23.5 Å². The molecule has 2 aliphatic rings. The van der Waals surface area contributed by atoms with Gasteiger partial charge in [0.15, 0.2) is 0 Å². The third kappa shape index (κ3) is 1.04. The van der Waals surface area contributed by atoms with Crippen molar-refractivity contribution in [3.05, 3.63) is 33.3 Å². The lowest BCUT2D eigenvalue weighted by Gasteiger charge is -2.01. The molecule has 0 radical (unpaired) electrons.